The van der Waals surface area contributed by atoms with Crippen molar-refractivity contribution in [2.75, 3.05) is 0 Å². The summed E-state index contributed by atoms with van der Waals surface area (Å²) in [5, 5.41) is 6.36. The van der Waals surface area contributed by atoms with E-state index in [4.69, 9.17) is 18.1 Å². The third kappa shape index (κ3) is 8.20. The second kappa shape index (κ2) is 14.8. The van der Waals surface area contributed by atoms with E-state index in [1.807, 2.05) is 39.0 Å². The Labute approximate surface area is 335 Å². The van der Waals surface area contributed by atoms with Gasteiger partial charge in [0.2, 0.25) is 0 Å². The number of hydrogen-bond acceptors (Lipinski definition) is 3. The van der Waals surface area contributed by atoms with E-state index in [-0.39, 0.29) is 36.8 Å². The Morgan fingerprint density at radius 3 is 2.19 bits per heavy atom. The van der Waals surface area contributed by atoms with Crippen LogP contribution < -0.4 is 0 Å². The van der Waals surface area contributed by atoms with Crippen LogP contribution in [0.25, 0.3) is 66.0 Å². The maximum Gasteiger partial charge on any atom is 0.121 e. The van der Waals surface area contributed by atoms with Crippen LogP contribution in [0.3, 0.4) is 0 Å². The molecule has 0 atom stereocenters. The van der Waals surface area contributed by atoms with Gasteiger partial charge in [-0.15, -0.1) is 53.6 Å². The van der Waals surface area contributed by atoms with Crippen LogP contribution in [0.5, 0.6) is 0 Å². The van der Waals surface area contributed by atoms with Gasteiger partial charge in [-0.25, -0.2) is 0 Å². The molecule has 0 aliphatic carbocycles. The van der Waals surface area contributed by atoms with E-state index in [9.17, 15) is 0 Å². The minimum absolute atomic E-state index is 0. The minimum atomic E-state index is -2.50. The van der Waals surface area contributed by atoms with Gasteiger partial charge in [-0.3, -0.25) is 0 Å². The first-order chi connectivity index (χ1) is 28.3. The van der Waals surface area contributed by atoms with Crippen molar-refractivity contribution in [3.8, 4) is 22.5 Å². The molecule has 4 heteroatoms. The Bertz CT molecular complexity index is 2900. The zero-order valence-electron chi connectivity index (χ0n) is 40.0. The van der Waals surface area contributed by atoms with Crippen LogP contribution >= 0.6 is 0 Å². The Balaban J connectivity index is 0.000000230. The fraction of sp³-hybridized carbons (Fsp3) is 0.250. The molecular weight excluding hydrogens is 813 g/mol. The van der Waals surface area contributed by atoms with Gasteiger partial charge in [0.05, 0.1) is 5.58 Å². The van der Waals surface area contributed by atoms with E-state index < -0.39 is 37.3 Å². The number of fused-ring (bicyclic) bond motifs is 6. The molecule has 1 radical (unpaired) electrons. The van der Waals surface area contributed by atoms with Crippen molar-refractivity contribution < 1.29 is 38.2 Å². The third-order valence-corrected chi connectivity index (χ3v) is 8.34. The molecule has 0 saturated heterocycles. The largest absolute Gasteiger partial charge is 0.501 e. The molecule has 52 heavy (non-hydrogen) atoms. The van der Waals surface area contributed by atoms with Crippen molar-refractivity contribution in [3.63, 3.8) is 0 Å². The van der Waals surface area contributed by atoms with Crippen LogP contribution in [0, 0.1) is 36.7 Å². The molecule has 0 saturated carbocycles. The first kappa shape index (κ1) is 26.2. The Kier molecular flexibility index (Phi) is 7.44. The van der Waals surface area contributed by atoms with Crippen molar-refractivity contribution in [1.29, 1.82) is 0 Å². The summed E-state index contributed by atoms with van der Waals surface area (Å²) in [6, 6.07) is 36.2. The number of aryl methyl sites for hydroxylation is 2. The van der Waals surface area contributed by atoms with Crippen LogP contribution in [0.4, 0.5) is 0 Å². The van der Waals surface area contributed by atoms with Gasteiger partial charge in [0.25, 0.3) is 0 Å². The zero-order valence-corrected chi connectivity index (χ0v) is 32.4. The Morgan fingerprint density at radius 2 is 1.48 bits per heavy atom. The molecule has 0 N–H and O–H groups in total. The topological polar surface area (TPSA) is 38.9 Å². The molecule has 3 heterocycles. The van der Waals surface area contributed by atoms with E-state index in [2.05, 4.69) is 58.5 Å². The summed E-state index contributed by atoms with van der Waals surface area (Å²) in [4.78, 5) is 8.78. The molecule has 3 nitrogen and oxygen atoms in total. The number of benzene rings is 5. The van der Waals surface area contributed by atoms with Crippen molar-refractivity contribution in [3.05, 3.63) is 144 Å². The van der Waals surface area contributed by atoms with Gasteiger partial charge in [0, 0.05) is 51.6 Å². The molecule has 0 bridgehead atoms. The molecule has 3 aromatic heterocycles. The van der Waals surface area contributed by atoms with Gasteiger partial charge in [-0.2, -0.15) is 0 Å². The molecule has 0 amide bonds. The SMILES string of the molecule is [2H]C([2H])([2H])c1c[c-]c(-c2ccc(C([2H])([2H])C(C)(C)C)cn2)cc1.[2H]C([2H])([2H])c1cnc(-c2[c-]ccc3c2oc2cc4c(ccc5ccccc54)cc23)cc1C([2H])([2H])C(C)(C)C.[Ir]. The van der Waals surface area contributed by atoms with Gasteiger partial charge in [-0.1, -0.05) is 120 Å². The average molecular weight is 869 g/mol. The van der Waals surface area contributed by atoms with Crippen molar-refractivity contribution in [1.82, 2.24) is 9.97 Å². The van der Waals surface area contributed by atoms with Gasteiger partial charge in [-0.05, 0) is 86.6 Å². The maximum atomic E-state index is 8.85. The molecule has 8 rings (SSSR count). The van der Waals surface area contributed by atoms with E-state index in [0.29, 0.717) is 33.7 Å². The third-order valence-electron chi connectivity index (χ3n) is 8.34. The average Bonchev–Trinajstić information content (AvgIpc) is 3.56. The van der Waals surface area contributed by atoms with E-state index in [0.717, 1.165) is 37.9 Å². The normalized spacial score (nSPS) is 15.7. The number of hydrogen-bond donors (Lipinski definition) is 0. The van der Waals surface area contributed by atoms with Crippen LogP contribution in [-0.4, -0.2) is 9.97 Å². The van der Waals surface area contributed by atoms with E-state index in [1.54, 1.807) is 57.2 Å². The molecule has 265 valence electrons. The summed E-state index contributed by atoms with van der Waals surface area (Å²) in [6.45, 7) is 6.18. The fourth-order valence-electron chi connectivity index (χ4n) is 6.18. The van der Waals surface area contributed by atoms with Gasteiger partial charge < -0.3 is 14.4 Å². The molecule has 0 spiro atoms. The molecule has 0 fully saturated rings. The fourth-order valence-corrected chi connectivity index (χ4v) is 6.18. The molecular formula is C48H46IrN2O-2. The summed E-state index contributed by atoms with van der Waals surface area (Å²) < 4.78 is 86.7. The predicted molar refractivity (Wildman–Crippen MR) is 215 cm³/mol. The smallest absolute Gasteiger partial charge is 0.121 e. The summed E-state index contributed by atoms with van der Waals surface area (Å²) in [7, 11) is 0. The maximum absolute atomic E-state index is 8.85. The van der Waals surface area contributed by atoms with Gasteiger partial charge in [0.15, 0.2) is 0 Å². The summed E-state index contributed by atoms with van der Waals surface area (Å²) in [5.74, 6) is 0. The molecule has 0 aliphatic heterocycles. The molecule has 5 aromatic carbocycles. The number of pyridine rings is 2. The summed E-state index contributed by atoms with van der Waals surface area (Å²) >= 11 is 0. The minimum Gasteiger partial charge on any atom is -0.501 e. The molecule has 8 aromatic rings. The Morgan fingerprint density at radius 1 is 0.692 bits per heavy atom. The molecule has 0 unspecified atom stereocenters. The quantitative estimate of drug-likeness (QED) is 0.131. The number of rotatable bonds is 4. The number of furan rings is 1. The Hall–Kier alpha value is -4.63. The van der Waals surface area contributed by atoms with Crippen molar-refractivity contribution in [2.24, 2.45) is 10.8 Å². The van der Waals surface area contributed by atoms with Crippen molar-refractivity contribution in [2.45, 2.75) is 68.0 Å². The first-order valence-electron chi connectivity index (χ1n) is 22.0. The van der Waals surface area contributed by atoms with Crippen LogP contribution in [-0.2, 0) is 32.9 Å². The van der Waals surface area contributed by atoms with Crippen LogP contribution in [0.2, 0.25) is 0 Å². The zero-order chi connectivity index (χ0) is 44.5. The number of aromatic nitrogens is 2. The van der Waals surface area contributed by atoms with E-state index in [1.165, 1.54) is 18.5 Å². The molecule has 0 aliphatic rings. The monoisotopic (exact) mass is 869 g/mol. The van der Waals surface area contributed by atoms with Crippen LogP contribution in [0.15, 0.2) is 114 Å². The standard InChI is InChI=1S/C31H26NO.C17H20N.Ir/c1-19-18-32-28(15-22(19)17-31(2,3)4)25-11-7-10-24-27-14-21-13-12-20-8-5-6-9-23(20)26(21)16-29(27)33-30(24)25;1-13-5-8-15(9-6-13)16-10-7-14(12-18-16)11-17(2,3)4;/h5-10,12-16,18H,17H2,1-4H3;5-8,10,12H,11H2,1-4H3;/q2*-1;/i1D3,17D2;1D3,11D2;. The first-order valence-corrected chi connectivity index (χ1v) is 17.0. The van der Waals surface area contributed by atoms with Crippen LogP contribution in [0.1, 0.15) is 77.5 Å². The summed E-state index contributed by atoms with van der Waals surface area (Å²) in [6.07, 6.45) is -0.606. The second-order valence-electron chi connectivity index (χ2n) is 14.8. The predicted octanol–water partition coefficient (Wildman–Crippen LogP) is 13.1. The van der Waals surface area contributed by atoms with Gasteiger partial charge in [0.1, 0.15) is 5.58 Å². The second-order valence-corrected chi connectivity index (χ2v) is 14.8. The number of nitrogens with zero attached hydrogens (tertiary/aromatic N) is 2. The van der Waals surface area contributed by atoms with E-state index >= 15 is 0 Å². The van der Waals surface area contributed by atoms with Gasteiger partial charge >= 0.3 is 0 Å². The van der Waals surface area contributed by atoms with Crippen molar-refractivity contribution >= 4 is 43.5 Å². The summed E-state index contributed by atoms with van der Waals surface area (Å²) in [5.41, 5.74) is 3.01.